The van der Waals surface area contributed by atoms with Crippen molar-refractivity contribution in [2.45, 2.75) is 44.5 Å². The van der Waals surface area contributed by atoms with Gasteiger partial charge < -0.3 is 23.7 Å². The number of methoxy groups -OCH3 is 1. The summed E-state index contributed by atoms with van der Waals surface area (Å²) in [6, 6.07) is 7.09. The molecule has 1 aliphatic rings. The van der Waals surface area contributed by atoms with Crippen molar-refractivity contribution >= 4 is 41.3 Å². The third-order valence-electron chi connectivity index (χ3n) is 4.76. The smallest absolute Gasteiger partial charge is 0.303 e. The highest BCUT2D eigenvalue weighted by atomic mass is 35.5. The summed E-state index contributed by atoms with van der Waals surface area (Å²) in [4.78, 5) is 39.3. The van der Waals surface area contributed by atoms with Gasteiger partial charge in [0.2, 0.25) is 0 Å². The van der Waals surface area contributed by atoms with E-state index in [1.54, 1.807) is 24.4 Å². The molecule has 1 fully saturated rings. The van der Waals surface area contributed by atoms with Gasteiger partial charge in [-0.15, -0.1) is 11.8 Å². The van der Waals surface area contributed by atoms with Gasteiger partial charge in [0.25, 0.3) is 0 Å². The van der Waals surface area contributed by atoms with Crippen LogP contribution < -0.4 is 9.47 Å². The van der Waals surface area contributed by atoms with E-state index in [1.807, 2.05) is 6.07 Å². The number of hydrogen-bond acceptors (Lipinski definition) is 10. The number of rotatable bonds is 7. The fourth-order valence-corrected chi connectivity index (χ4v) is 4.91. The first kappa shape index (κ1) is 25.6. The Balaban J connectivity index is 1.87. The quantitative estimate of drug-likeness (QED) is 0.405. The molecule has 11 heteroatoms. The first-order valence-corrected chi connectivity index (χ1v) is 11.7. The maximum Gasteiger partial charge on any atom is 0.303 e. The van der Waals surface area contributed by atoms with E-state index in [-0.39, 0.29) is 5.75 Å². The van der Waals surface area contributed by atoms with Gasteiger partial charge in [0, 0.05) is 38.3 Å². The molecule has 0 aliphatic carbocycles. The molecule has 1 aromatic carbocycles. The lowest BCUT2D eigenvalue weighted by molar-refractivity contribution is -0.186. The Hall–Kier alpha value is -2.98. The van der Waals surface area contributed by atoms with Crippen molar-refractivity contribution in [1.29, 1.82) is 0 Å². The summed E-state index contributed by atoms with van der Waals surface area (Å²) in [6.07, 6.45) is 0.304. The van der Waals surface area contributed by atoms with Crippen molar-refractivity contribution in [2.24, 2.45) is 0 Å². The topological polar surface area (TPSA) is 110 Å². The Kier molecular flexibility index (Phi) is 8.62. The normalized spacial score (nSPS) is 21.8. The van der Waals surface area contributed by atoms with Crippen molar-refractivity contribution in [2.75, 3.05) is 12.9 Å². The van der Waals surface area contributed by atoms with Crippen molar-refractivity contribution in [1.82, 2.24) is 4.98 Å². The van der Waals surface area contributed by atoms with Gasteiger partial charge in [-0.25, -0.2) is 0 Å². The summed E-state index contributed by atoms with van der Waals surface area (Å²) in [5.74, 6) is -0.538. The van der Waals surface area contributed by atoms with Crippen molar-refractivity contribution < 1.29 is 38.1 Å². The summed E-state index contributed by atoms with van der Waals surface area (Å²) in [5, 5.41) is 0.449. The predicted octanol–water partition coefficient (Wildman–Crippen LogP) is 3.66. The molecule has 0 radical (unpaired) electrons. The first-order valence-electron chi connectivity index (χ1n) is 10.3. The van der Waals surface area contributed by atoms with Gasteiger partial charge in [0.05, 0.1) is 18.3 Å². The third kappa shape index (κ3) is 6.54. The Morgan fingerprint density at radius 2 is 1.62 bits per heavy atom. The fourth-order valence-electron chi connectivity index (χ4n) is 3.43. The summed E-state index contributed by atoms with van der Waals surface area (Å²) in [7, 11) is 1.54. The van der Waals surface area contributed by atoms with Crippen LogP contribution in [-0.2, 0) is 28.6 Å². The third-order valence-corrected chi connectivity index (χ3v) is 6.26. The number of hydrogen-bond donors (Lipinski definition) is 0. The Bertz CT molecular complexity index is 1070. The van der Waals surface area contributed by atoms with Gasteiger partial charge in [-0.2, -0.15) is 0 Å². The highest BCUT2D eigenvalue weighted by Crippen LogP contribution is 2.36. The number of ether oxygens (including phenoxy) is 5. The van der Waals surface area contributed by atoms with E-state index < -0.39 is 41.7 Å². The largest absolute Gasteiger partial charge is 0.495 e. The zero-order chi connectivity index (χ0) is 24.8. The van der Waals surface area contributed by atoms with Crippen molar-refractivity contribution in [3.63, 3.8) is 0 Å². The Labute approximate surface area is 206 Å². The van der Waals surface area contributed by atoms with E-state index >= 15 is 0 Å². The van der Waals surface area contributed by atoms with Crippen LogP contribution in [0.3, 0.4) is 0 Å². The molecule has 0 saturated carbocycles. The lowest BCUT2D eigenvalue weighted by Crippen LogP contribution is -2.55. The molecule has 4 atom stereocenters. The van der Waals surface area contributed by atoms with Gasteiger partial charge in [0.1, 0.15) is 11.5 Å². The Morgan fingerprint density at radius 1 is 0.941 bits per heavy atom. The van der Waals surface area contributed by atoms with Gasteiger partial charge in [-0.3, -0.25) is 19.4 Å². The van der Waals surface area contributed by atoms with E-state index in [9.17, 15) is 14.4 Å². The number of carbonyl (C=O) groups excluding carboxylic acids is 3. The number of esters is 3. The molecule has 0 bridgehead atoms. The number of nitrogens with zero attached hydrogens (tertiary/aromatic N) is 1. The first-order chi connectivity index (χ1) is 16.2. The maximum absolute atomic E-state index is 11.8. The summed E-state index contributed by atoms with van der Waals surface area (Å²) in [6.45, 7) is 3.71. The summed E-state index contributed by atoms with van der Waals surface area (Å²) >= 11 is 7.51. The van der Waals surface area contributed by atoms with E-state index in [0.29, 0.717) is 16.5 Å². The highest BCUT2D eigenvalue weighted by molar-refractivity contribution is 7.99. The van der Waals surface area contributed by atoms with E-state index in [4.69, 9.17) is 35.3 Å². The molecule has 1 aliphatic heterocycles. The second kappa shape index (κ2) is 11.4. The molecule has 34 heavy (non-hydrogen) atoms. The molecule has 0 N–H and O–H groups in total. The summed E-state index contributed by atoms with van der Waals surface area (Å²) < 4.78 is 27.4. The lowest BCUT2D eigenvalue weighted by atomic mass is 10.1. The SMILES string of the molecule is COc1ccc(-c2cncc(O[C@@H]3SC[C@@H](OC(C)=O)[C@H](OC(C)=O)[C@H]3OC(C)=O)c2)cc1Cl. The van der Waals surface area contributed by atoms with Gasteiger partial charge in [0.15, 0.2) is 23.7 Å². The highest BCUT2D eigenvalue weighted by Gasteiger charge is 2.47. The van der Waals surface area contributed by atoms with Crippen LogP contribution in [0.15, 0.2) is 36.7 Å². The lowest BCUT2D eigenvalue weighted by Gasteiger charge is -2.39. The zero-order valence-electron chi connectivity index (χ0n) is 19.0. The molecule has 2 aromatic rings. The molecular formula is C23H24ClNO8S. The second-order valence-electron chi connectivity index (χ2n) is 7.37. The van der Waals surface area contributed by atoms with Crippen LogP contribution in [0.5, 0.6) is 11.5 Å². The number of aromatic nitrogens is 1. The molecular weight excluding hydrogens is 486 g/mol. The molecule has 182 valence electrons. The second-order valence-corrected chi connectivity index (χ2v) is 8.91. The zero-order valence-corrected chi connectivity index (χ0v) is 20.6. The molecule has 0 amide bonds. The molecule has 1 aromatic heterocycles. The van der Waals surface area contributed by atoms with Gasteiger partial charge in [-0.1, -0.05) is 17.7 Å². The van der Waals surface area contributed by atoms with Crippen LogP contribution in [0.2, 0.25) is 5.02 Å². The number of carbonyl (C=O) groups is 3. The average Bonchev–Trinajstić information content (AvgIpc) is 2.77. The number of pyridine rings is 1. The molecule has 2 heterocycles. The van der Waals surface area contributed by atoms with Crippen LogP contribution in [0.4, 0.5) is 0 Å². The fraction of sp³-hybridized carbons (Fsp3) is 0.391. The van der Waals surface area contributed by atoms with Crippen LogP contribution in [0.1, 0.15) is 20.8 Å². The van der Waals surface area contributed by atoms with Crippen LogP contribution in [0, 0.1) is 0 Å². The molecule has 1 saturated heterocycles. The predicted molar refractivity (Wildman–Crippen MR) is 125 cm³/mol. The maximum atomic E-state index is 11.8. The number of halogens is 1. The molecule has 0 unspecified atom stereocenters. The molecule has 0 spiro atoms. The number of benzene rings is 1. The minimum Gasteiger partial charge on any atom is -0.495 e. The van der Waals surface area contributed by atoms with Crippen LogP contribution in [-0.4, -0.2) is 59.5 Å². The monoisotopic (exact) mass is 509 g/mol. The standard InChI is InChI=1S/C23H24ClNO8S/c1-12(26)30-20-11-34-23(22(32-14(3)28)21(20)31-13(2)27)33-17-7-16(9-25-10-17)15-5-6-19(29-4)18(24)8-15/h5-10,20-23H,11H2,1-4H3/t20-,21+,22-,23-/m1/s1. The average molecular weight is 510 g/mol. The van der Waals surface area contributed by atoms with Crippen molar-refractivity contribution in [3.05, 3.63) is 41.7 Å². The minimum absolute atomic E-state index is 0.265. The minimum atomic E-state index is -1.03. The number of thioether (sulfide) groups is 1. The van der Waals surface area contributed by atoms with Gasteiger partial charge in [-0.05, 0) is 23.8 Å². The van der Waals surface area contributed by atoms with Crippen LogP contribution >= 0.6 is 23.4 Å². The van der Waals surface area contributed by atoms with E-state index in [1.165, 1.54) is 45.8 Å². The van der Waals surface area contributed by atoms with Crippen LogP contribution in [0.25, 0.3) is 11.1 Å². The summed E-state index contributed by atoms with van der Waals surface area (Å²) in [5.41, 5.74) is 0.780. The van der Waals surface area contributed by atoms with E-state index in [2.05, 4.69) is 4.98 Å². The Morgan fingerprint density at radius 3 is 2.24 bits per heavy atom. The van der Waals surface area contributed by atoms with Gasteiger partial charge >= 0.3 is 17.9 Å². The van der Waals surface area contributed by atoms with Crippen molar-refractivity contribution in [3.8, 4) is 22.6 Å². The molecule has 9 nitrogen and oxygen atoms in total. The van der Waals surface area contributed by atoms with E-state index in [0.717, 1.165) is 11.1 Å². The molecule has 3 rings (SSSR count).